The molecule has 0 radical (unpaired) electrons. The Morgan fingerprint density at radius 2 is 0.895 bits per heavy atom. The summed E-state index contributed by atoms with van der Waals surface area (Å²) in [7, 11) is -2.41. The van der Waals surface area contributed by atoms with E-state index in [0.717, 1.165) is 13.2 Å². The van der Waals surface area contributed by atoms with Crippen LogP contribution in [0.3, 0.4) is 0 Å². The SMILES string of the molecule is CCC[Si](C)(C)OCC.CCC[Si](C)(C)OCC.S. The van der Waals surface area contributed by atoms with Crippen molar-refractivity contribution in [2.75, 3.05) is 13.2 Å². The van der Waals surface area contributed by atoms with Crippen LogP contribution in [0.25, 0.3) is 0 Å². The summed E-state index contributed by atoms with van der Waals surface area (Å²) in [5, 5.41) is 0. The minimum absolute atomic E-state index is 0. The fraction of sp³-hybridized carbons (Fsp3) is 1.00. The first-order chi connectivity index (χ1) is 8.24. The smallest absolute Gasteiger partial charge is 0.186 e. The van der Waals surface area contributed by atoms with Crippen LogP contribution in [-0.4, -0.2) is 29.8 Å². The molecule has 0 aliphatic heterocycles. The van der Waals surface area contributed by atoms with E-state index in [1.54, 1.807) is 0 Å². The van der Waals surface area contributed by atoms with Crippen molar-refractivity contribution in [3.8, 4) is 0 Å². The van der Waals surface area contributed by atoms with E-state index >= 15 is 0 Å². The van der Waals surface area contributed by atoms with E-state index in [9.17, 15) is 0 Å². The van der Waals surface area contributed by atoms with Gasteiger partial charge in [-0.3, -0.25) is 0 Å². The fourth-order valence-corrected chi connectivity index (χ4v) is 6.39. The Morgan fingerprint density at radius 1 is 0.632 bits per heavy atom. The lowest BCUT2D eigenvalue weighted by atomic mass is 10.6. The molecule has 0 aromatic heterocycles. The van der Waals surface area contributed by atoms with Crippen LogP contribution in [0.4, 0.5) is 0 Å². The molecule has 0 fully saturated rings. The van der Waals surface area contributed by atoms with E-state index < -0.39 is 16.6 Å². The molecule has 19 heavy (non-hydrogen) atoms. The average Bonchev–Trinajstić information content (AvgIpc) is 2.17. The summed E-state index contributed by atoms with van der Waals surface area (Å²) in [6, 6.07) is 2.58. The molecule has 0 saturated heterocycles. The summed E-state index contributed by atoms with van der Waals surface area (Å²) < 4.78 is 11.2. The number of hydrogen-bond acceptors (Lipinski definition) is 2. The maximum absolute atomic E-state index is 5.61. The van der Waals surface area contributed by atoms with E-state index in [4.69, 9.17) is 8.85 Å². The predicted molar refractivity (Wildman–Crippen MR) is 98.8 cm³/mol. The van der Waals surface area contributed by atoms with Gasteiger partial charge in [-0.05, 0) is 52.1 Å². The molecule has 0 aliphatic carbocycles. The summed E-state index contributed by atoms with van der Waals surface area (Å²) >= 11 is 0. The highest BCUT2D eigenvalue weighted by atomic mass is 32.1. The van der Waals surface area contributed by atoms with Gasteiger partial charge in [0.2, 0.25) is 0 Å². The quantitative estimate of drug-likeness (QED) is 0.557. The van der Waals surface area contributed by atoms with E-state index in [2.05, 4.69) is 53.9 Å². The van der Waals surface area contributed by atoms with Gasteiger partial charge in [0.25, 0.3) is 0 Å². The van der Waals surface area contributed by atoms with Crippen LogP contribution in [-0.2, 0) is 8.85 Å². The molecule has 0 heterocycles. The first kappa shape index (κ1) is 24.7. The maximum Gasteiger partial charge on any atom is 0.186 e. The highest BCUT2D eigenvalue weighted by Crippen LogP contribution is 2.12. The third kappa shape index (κ3) is 18.7. The van der Waals surface area contributed by atoms with Crippen LogP contribution in [0, 0.1) is 0 Å². The van der Waals surface area contributed by atoms with Crippen molar-refractivity contribution < 1.29 is 8.85 Å². The molecule has 0 aromatic carbocycles. The second-order valence-corrected chi connectivity index (χ2v) is 14.5. The lowest BCUT2D eigenvalue weighted by Crippen LogP contribution is -2.29. The summed E-state index contributed by atoms with van der Waals surface area (Å²) in [4.78, 5) is 0. The molecule has 0 atom stereocenters. The lowest BCUT2D eigenvalue weighted by Gasteiger charge is -2.20. The molecule has 0 N–H and O–H groups in total. The van der Waals surface area contributed by atoms with E-state index in [1.165, 1.54) is 24.9 Å². The van der Waals surface area contributed by atoms with Gasteiger partial charge in [-0.15, -0.1) is 0 Å². The Labute approximate surface area is 131 Å². The molecule has 0 aliphatic rings. The average molecular weight is 327 g/mol. The highest BCUT2D eigenvalue weighted by Gasteiger charge is 2.19. The Hall–Kier alpha value is 0.704. The van der Waals surface area contributed by atoms with Crippen LogP contribution in [0.5, 0.6) is 0 Å². The highest BCUT2D eigenvalue weighted by molar-refractivity contribution is 7.59. The van der Waals surface area contributed by atoms with Gasteiger partial charge < -0.3 is 8.85 Å². The Bertz CT molecular complexity index is 152. The number of rotatable bonds is 8. The third-order valence-corrected chi connectivity index (χ3v) is 8.32. The van der Waals surface area contributed by atoms with Gasteiger partial charge in [-0.2, -0.15) is 13.5 Å². The van der Waals surface area contributed by atoms with Gasteiger partial charge in [0.1, 0.15) is 0 Å². The second-order valence-electron chi connectivity index (χ2n) is 5.89. The van der Waals surface area contributed by atoms with Crippen LogP contribution in [0.1, 0.15) is 40.5 Å². The van der Waals surface area contributed by atoms with Gasteiger partial charge in [-0.1, -0.05) is 26.7 Å². The van der Waals surface area contributed by atoms with Crippen molar-refractivity contribution in [1.29, 1.82) is 0 Å². The fourth-order valence-electron chi connectivity index (χ4n) is 2.13. The Balaban J connectivity index is -0.000000256. The van der Waals surface area contributed by atoms with Gasteiger partial charge in [0.05, 0.1) is 0 Å². The summed E-state index contributed by atoms with van der Waals surface area (Å²) in [5.74, 6) is 0. The van der Waals surface area contributed by atoms with Crippen LogP contribution < -0.4 is 0 Å². The standard InChI is InChI=1S/2C7H18OSi.H2S/c2*1-5-7-9(3,4)8-6-2;/h2*5-7H2,1-4H3;1H2. The largest absolute Gasteiger partial charge is 0.418 e. The zero-order valence-electron chi connectivity index (χ0n) is 14.6. The monoisotopic (exact) mass is 326 g/mol. The molecule has 0 aromatic rings. The number of hydrogen-bond donors (Lipinski definition) is 0. The van der Waals surface area contributed by atoms with Crippen molar-refractivity contribution in [3.05, 3.63) is 0 Å². The Morgan fingerprint density at radius 3 is 1.05 bits per heavy atom. The molecule has 120 valence electrons. The first-order valence-corrected chi connectivity index (χ1v) is 13.8. The molecule has 0 bridgehead atoms. The van der Waals surface area contributed by atoms with Crippen molar-refractivity contribution in [2.24, 2.45) is 0 Å². The molecule has 5 heteroatoms. The maximum atomic E-state index is 5.61. The third-order valence-electron chi connectivity index (χ3n) is 2.77. The van der Waals surface area contributed by atoms with Crippen LogP contribution >= 0.6 is 13.5 Å². The van der Waals surface area contributed by atoms with Crippen LogP contribution in [0.2, 0.25) is 38.3 Å². The van der Waals surface area contributed by atoms with Crippen molar-refractivity contribution >= 4 is 30.1 Å². The summed E-state index contributed by atoms with van der Waals surface area (Å²) in [6.07, 6.45) is 2.53. The van der Waals surface area contributed by atoms with E-state index in [1.807, 2.05) is 0 Å². The molecule has 0 saturated carbocycles. The van der Waals surface area contributed by atoms with Gasteiger partial charge >= 0.3 is 0 Å². The molecule has 0 rings (SSSR count). The molecule has 2 nitrogen and oxygen atoms in total. The molecular weight excluding hydrogens is 288 g/mol. The Kier molecular flexibility index (Phi) is 17.8. The first-order valence-electron chi connectivity index (χ1n) is 7.52. The van der Waals surface area contributed by atoms with Crippen molar-refractivity contribution in [1.82, 2.24) is 0 Å². The normalized spacial score (nSPS) is 11.4. The zero-order valence-corrected chi connectivity index (χ0v) is 17.6. The summed E-state index contributed by atoms with van der Waals surface area (Å²) in [6.45, 7) is 19.5. The van der Waals surface area contributed by atoms with E-state index in [-0.39, 0.29) is 13.5 Å². The minimum atomic E-state index is -1.20. The van der Waals surface area contributed by atoms with Gasteiger partial charge in [0.15, 0.2) is 16.6 Å². The van der Waals surface area contributed by atoms with Crippen molar-refractivity contribution in [2.45, 2.75) is 78.8 Å². The molecule has 0 spiro atoms. The molecule has 0 unspecified atom stereocenters. The topological polar surface area (TPSA) is 18.5 Å². The van der Waals surface area contributed by atoms with E-state index in [0.29, 0.717) is 0 Å². The molecule has 0 amide bonds. The lowest BCUT2D eigenvalue weighted by molar-refractivity contribution is 0.328. The van der Waals surface area contributed by atoms with Gasteiger partial charge in [-0.25, -0.2) is 0 Å². The summed E-state index contributed by atoms with van der Waals surface area (Å²) in [5.41, 5.74) is 0. The van der Waals surface area contributed by atoms with Crippen LogP contribution in [0.15, 0.2) is 0 Å². The van der Waals surface area contributed by atoms with Crippen molar-refractivity contribution in [3.63, 3.8) is 0 Å². The van der Waals surface area contributed by atoms with Gasteiger partial charge in [0, 0.05) is 13.2 Å². The predicted octanol–water partition coefficient (Wildman–Crippen LogP) is 5.39. The zero-order chi connectivity index (χ0) is 14.7. The molecular formula is C14H38O2SSi2. The minimum Gasteiger partial charge on any atom is -0.418 e. The second kappa shape index (κ2) is 13.7.